The predicted molar refractivity (Wildman–Crippen MR) is 61.6 cm³/mol. The molecule has 1 rings (SSSR count). The van der Waals surface area contributed by atoms with Crippen LogP contribution >= 0.6 is 0 Å². The molecule has 7 nitrogen and oxygen atoms in total. The Kier molecular flexibility index (Phi) is 4.13. The van der Waals surface area contributed by atoms with Crippen molar-refractivity contribution in [2.45, 2.75) is 23.1 Å². The summed E-state index contributed by atoms with van der Waals surface area (Å²) < 4.78 is 53.7. The van der Waals surface area contributed by atoms with Gasteiger partial charge in [0.15, 0.2) is 0 Å². The molecule has 0 unspecified atom stereocenters. The van der Waals surface area contributed by atoms with Gasteiger partial charge in [-0.3, -0.25) is 4.55 Å². The Bertz CT molecular complexity index is 663. The second-order valence-corrected chi connectivity index (χ2v) is 6.63. The molecule has 0 saturated carbocycles. The number of sulfonamides is 1. The number of benzene rings is 1. The minimum absolute atomic E-state index is 0.0578. The third-order valence-electron chi connectivity index (χ3n) is 2.42. The van der Waals surface area contributed by atoms with E-state index in [9.17, 15) is 21.9 Å². The summed E-state index contributed by atoms with van der Waals surface area (Å²) in [4.78, 5) is -1.01. The zero-order chi connectivity index (χ0) is 14.1. The summed E-state index contributed by atoms with van der Waals surface area (Å²) in [6, 6.07) is 1.91. The van der Waals surface area contributed by atoms with E-state index in [1.54, 1.807) is 0 Å². The summed E-state index contributed by atoms with van der Waals surface area (Å²) in [6.45, 7) is 0.834. The fourth-order valence-electron chi connectivity index (χ4n) is 1.52. The van der Waals surface area contributed by atoms with Crippen LogP contribution in [0, 0.1) is 6.92 Å². The van der Waals surface area contributed by atoms with Crippen LogP contribution in [-0.4, -0.2) is 28.0 Å². The first kappa shape index (κ1) is 15.1. The lowest BCUT2D eigenvalue weighted by molar-refractivity contribution is 0.197. The van der Waals surface area contributed by atoms with Crippen molar-refractivity contribution in [2.24, 2.45) is 5.14 Å². The molecule has 0 aliphatic carbocycles. The van der Waals surface area contributed by atoms with Crippen LogP contribution in [0.2, 0.25) is 0 Å². The number of rotatable bonds is 4. The summed E-state index contributed by atoms with van der Waals surface area (Å²) in [7, 11) is -8.70. The van der Waals surface area contributed by atoms with Crippen molar-refractivity contribution < 1.29 is 26.5 Å². The van der Waals surface area contributed by atoms with E-state index >= 15 is 0 Å². The molecular formula is C9H12NO6S2. The quantitative estimate of drug-likeness (QED) is 0.745. The summed E-state index contributed by atoms with van der Waals surface area (Å²) >= 11 is 0. The van der Waals surface area contributed by atoms with Gasteiger partial charge in [0.05, 0.1) is 16.4 Å². The van der Waals surface area contributed by atoms with Crippen molar-refractivity contribution >= 4 is 20.1 Å². The Morgan fingerprint density at radius 1 is 1.22 bits per heavy atom. The predicted octanol–water partition coefficient (Wildman–Crippen LogP) is -0.138. The molecule has 0 bridgehead atoms. The van der Waals surface area contributed by atoms with Gasteiger partial charge in [-0.2, -0.15) is 8.42 Å². The van der Waals surface area contributed by atoms with E-state index in [-0.39, 0.29) is 17.5 Å². The maximum atomic E-state index is 11.2. The van der Waals surface area contributed by atoms with Crippen molar-refractivity contribution in [3.8, 4) is 0 Å². The lowest BCUT2D eigenvalue weighted by Crippen LogP contribution is -2.15. The average Bonchev–Trinajstić information content (AvgIpc) is 2.17. The highest BCUT2D eigenvalue weighted by molar-refractivity contribution is 7.89. The van der Waals surface area contributed by atoms with Gasteiger partial charge in [-0.15, -0.1) is 0 Å². The molecule has 0 fully saturated rings. The number of hydrogen-bond acceptors (Lipinski definition) is 4. The highest BCUT2D eigenvalue weighted by atomic mass is 32.2. The van der Waals surface area contributed by atoms with Gasteiger partial charge < -0.3 is 0 Å². The van der Waals surface area contributed by atoms with Crippen molar-refractivity contribution in [3.05, 3.63) is 23.3 Å². The normalized spacial score (nSPS) is 12.7. The van der Waals surface area contributed by atoms with Crippen molar-refractivity contribution in [3.63, 3.8) is 0 Å². The largest absolute Gasteiger partial charge is 0.294 e. The minimum atomic E-state index is -4.58. The number of nitrogens with two attached hydrogens (primary N) is 1. The van der Waals surface area contributed by atoms with Crippen molar-refractivity contribution in [1.29, 1.82) is 0 Å². The Morgan fingerprint density at radius 3 is 2.17 bits per heavy atom. The maximum Gasteiger partial charge on any atom is 0.294 e. The van der Waals surface area contributed by atoms with Gasteiger partial charge >= 0.3 is 0 Å². The highest BCUT2D eigenvalue weighted by Gasteiger charge is 2.20. The Hall–Kier alpha value is -1.00. The molecule has 0 saturated heterocycles. The molecule has 0 aromatic heterocycles. The molecule has 0 aliphatic heterocycles. The van der Waals surface area contributed by atoms with Crippen LogP contribution in [-0.2, 0) is 31.7 Å². The lowest BCUT2D eigenvalue weighted by atomic mass is 10.1. The van der Waals surface area contributed by atoms with E-state index in [0.717, 1.165) is 12.1 Å². The molecule has 1 aromatic rings. The molecule has 1 aromatic carbocycles. The molecule has 0 aliphatic rings. The monoisotopic (exact) mass is 294 g/mol. The topological polar surface area (TPSA) is 134 Å². The van der Waals surface area contributed by atoms with Gasteiger partial charge in [0.2, 0.25) is 10.0 Å². The van der Waals surface area contributed by atoms with E-state index in [1.165, 1.54) is 6.92 Å². The first-order valence-electron chi connectivity index (χ1n) is 4.79. The van der Waals surface area contributed by atoms with E-state index in [1.807, 2.05) is 0 Å². The van der Waals surface area contributed by atoms with Crippen LogP contribution in [0.4, 0.5) is 0 Å². The van der Waals surface area contributed by atoms with Crippen molar-refractivity contribution in [1.82, 2.24) is 0 Å². The van der Waals surface area contributed by atoms with Gasteiger partial charge in [0, 0.05) is 0 Å². The van der Waals surface area contributed by atoms with E-state index < -0.39 is 36.5 Å². The molecule has 0 amide bonds. The molecular weight excluding hydrogens is 282 g/mol. The van der Waals surface area contributed by atoms with E-state index in [2.05, 4.69) is 0 Å². The standard InChI is InChI=1S/C9H12NO6S2/c1-6-7(2-3-11)4-8(17(10,12)13)5-9(6)18(14,15)16/h4-5H,2-3H2,1H3,(H2,10,12,13)(H,14,15,16). The van der Waals surface area contributed by atoms with Crippen molar-refractivity contribution in [2.75, 3.05) is 6.61 Å². The molecule has 0 heterocycles. The second-order valence-electron chi connectivity index (χ2n) is 3.68. The zero-order valence-electron chi connectivity index (χ0n) is 9.45. The fourth-order valence-corrected chi connectivity index (χ4v) is 2.98. The molecule has 101 valence electrons. The molecule has 0 spiro atoms. The van der Waals surface area contributed by atoms with Gasteiger partial charge in [-0.25, -0.2) is 18.7 Å². The van der Waals surface area contributed by atoms with Crippen LogP contribution in [0.1, 0.15) is 11.1 Å². The van der Waals surface area contributed by atoms with Gasteiger partial charge in [-0.1, -0.05) is 0 Å². The summed E-state index contributed by atoms with van der Waals surface area (Å²) in [5, 5.41) is 15.5. The molecule has 18 heavy (non-hydrogen) atoms. The molecule has 1 radical (unpaired) electrons. The number of primary sulfonamides is 1. The van der Waals surface area contributed by atoms with Crippen LogP contribution in [0.15, 0.2) is 21.9 Å². The average molecular weight is 294 g/mol. The highest BCUT2D eigenvalue weighted by Crippen LogP contribution is 2.24. The zero-order valence-corrected chi connectivity index (χ0v) is 11.1. The lowest BCUT2D eigenvalue weighted by Gasteiger charge is -2.10. The smallest absolute Gasteiger partial charge is 0.282 e. The minimum Gasteiger partial charge on any atom is -0.282 e. The first-order chi connectivity index (χ1) is 8.07. The Morgan fingerprint density at radius 2 is 1.78 bits per heavy atom. The Balaban J connectivity index is 3.68. The fraction of sp³-hybridized carbons (Fsp3) is 0.333. The van der Waals surface area contributed by atoms with Gasteiger partial charge in [0.25, 0.3) is 10.1 Å². The molecule has 9 heteroatoms. The summed E-state index contributed by atoms with van der Waals surface area (Å²) in [6.07, 6.45) is -0.0578. The SMILES string of the molecule is Cc1c(CC[O])cc(S(N)(=O)=O)cc1S(=O)(=O)O. The molecule has 3 N–H and O–H groups in total. The third-order valence-corrected chi connectivity index (χ3v) is 4.29. The van der Waals surface area contributed by atoms with E-state index in [4.69, 9.17) is 9.69 Å². The van der Waals surface area contributed by atoms with Gasteiger partial charge in [0.1, 0.15) is 0 Å². The molecule has 0 atom stereocenters. The first-order valence-corrected chi connectivity index (χ1v) is 7.78. The third kappa shape index (κ3) is 3.27. The second kappa shape index (κ2) is 4.94. The summed E-state index contributed by atoms with van der Waals surface area (Å²) in [5.74, 6) is 0. The van der Waals surface area contributed by atoms with Crippen LogP contribution in [0.25, 0.3) is 0 Å². The Labute approximate surface area is 105 Å². The van der Waals surface area contributed by atoms with E-state index in [0.29, 0.717) is 0 Å². The maximum absolute atomic E-state index is 11.2. The van der Waals surface area contributed by atoms with Crippen LogP contribution in [0.3, 0.4) is 0 Å². The number of hydrogen-bond donors (Lipinski definition) is 2. The van der Waals surface area contributed by atoms with Gasteiger partial charge in [-0.05, 0) is 36.6 Å². The van der Waals surface area contributed by atoms with Crippen LogP contribution < -0.4 is 5.14 Å². The van der Waals surface area contributed by atoms with Crippen LogP contribution in [0.5, 0.6) is 0 Å². The summed E-state index contributed by atoms with van der Waals surface area (Å²) in [5.41, 5.74) is 0.366.